The Balaban J connectivity index is 1.94. The Hall–Kier alpha value is -2.96. The van der Waals surface area contributed by atoms with Gasteiger partial charge in [0.2, 0.25) is 0 Å². The van der Waals surface area contributed by atoms with Crippen LogP contribution in [-0.2, 0) is 0 Å². The zero-order chi connectivity index (χ0) is 13.2. The molecule has 0 spiro atoms. The molecule has 0 saturated carbocycles. The molecule has 0 aliphatic carbocycles. The lowest BCUT2D eigenvalue weighted by atomic mass is 10.2. The summed E-state index contributed by atoms with van der Waals surface area (Å²) in [6, 6.07) is 8.26. The van der Waals surface area contributed by atoms with E-state index >= 15 is 0 Å². The van der Waals surface area contributed by atoms with Crippen molar-refractivity contribution in [2.75, 3.05) is 0 Å². The molecule has 19 heavy (non-hydrogen) atoms. The smallest absolute Gasteiger partial charge is 0.399 e. The van der Waals surface area contributed by atoms with Gasteiger partial charge in [-0.2, -0.15) is 5.10 Å². The number of nitro groups is 1. The van der Waals surface area contributed by atoms with Gasteiger partial charge in [0, 0.05) is 18.0 Å². The van der Waals surface area contributed by atoms with E-state index in [0.717, 1.165) is 5.56 Å². The molecule has 0 aliphatic rings. The van der Waals surface area contributed by atoms with Gasteiger partial charge in [0.05, 0.1) is 11.8 Å². The maximum Gasteiger partial charge on any atom is 0.433 e. The molecule has 1 N–H and O–H groups in total. The van der Waals surface area contributed by atoms with Gasteiger partial charge in [-0.25, -0.2) is 0 Å². The van der Waals surface area contributed by atoms with Crippen LogP contribution in [0.4, 0.5) is 5.88 Å². The van der Waals surface area contributed by atoms with Gasteiger partial charge in [0.25, 0.3) is 0 Å². The number of furan rings is 1. The fourth-order valence-electron chi connectivity index (χ4n) is 1.68. The molecule has 0 atom stereocenters. The second-order valence-corrected chi connectivity index (χ2v) is 3.80. The first kappa shape index (κ1) is 11.1. The highest BCUT2D eigenvalue weighted by atomic mass is 16.6. The average Bonchev–Trinajstić information content (AvgIpc) is 3.09. The number of rotatable bonds is 3. The first-order chi connectivity index (χ1) is 9.24. The highest BCUT2D eigenvalue weighted by Crippen LogP contribution is 2.27. The van der Waals surface area contributed by atoms with Crippen LogP contribution >= 0.6 is 0 Å². The van der Waals surface area contributed by atoms with E-state index in [4.69, 9.17) is 4.42 Å². The second-order valence-electron chi connectivity index (χ2n) is 3.80. The number of aromatic amines is 1. The van der Waals surface area contributed by atoms with Gasteiger partial charge in [-0.1, -0.05) is 0 Å². The maximum absolute atomic E-state index is 10.5. The third kappa shape index (κ3) is 2.08. The number of aromatic nitrogens is 3. The highest BCUT2D eigenvalue weighted by Gasteiger charge is 2.15. The van der Waals surface area contributed by atoms with Gasteiger partial charge in [0.15, 0.2) is 5.76 Å². The quantitative estimate of drug-likeness (QED) is 0.573. The molecule has 0 aliphatic heterocycles. The van der Waals surface area contributed by atoms with Gasteiger partial charge < -0.3 is 4.42 Å². The van der Waals surface area contributed by atoms with E-state index in [1.165, 1.54) is 12.1 Å². The Morgan fingerprint density at radius 3 is 2.89 bits per heavy atom. The Labute approximate surface area is 107 Å². The SMILES string of the molecule is O=[N+]([O-])c1ccc(-c2cc(-c3cccnc3)n[nH]2)o1. The summed E-state index contributed by atoms with van der Waals surface area (Å²) in [7, 11) is 0. The van der Waals surface area contributed by atoms with Crippen molar-refractivity contribution in [3.05, 3.63) is 52.8 Å². The largest absolute Gasteiger partial charge is 0.433 e. The molecule has 0 amide bonds. The molecule has 0 radical (unpaired) electrons. The number of nitrogens with one attached hydrogen (secondary N) is 1. The Morgan fingerprint density at radius 2 is 2.21 bits per heavy atom. The van der Waals surface area contributed by atoms with E-state index in [2.05, 4.69) is 15.2 Å². The summed E-state index contributed by atoms with van der Waals surface area (Å²) in [4.78, 5) is 14.0. The monoisotopic (exact) mass is 256 g/mol. The van der Waals surface area contributed by atoms with E-state index in [-0.39, 0.29) is 5.88 Å². The third-order valence-electron chi connectivity index (χ3n) is 2.57. The van der Waals surface area contributed by atoms with Crippen LogP contribution in [0.1, 0.15) is 0 Å². The molecule has 0 bridgehead atoms. The maximum atomic E-state index is 10.5. The van der Waals surface area contributed by atoms with Crippen LogP contribution in [-0.4, -0.2) is 20.1 Å². The molecule has 7 heteroatoms. The number of hydrogen-bond acceptors (Lipinski definition) is 5. The first-order valence-electron chi connectivity index (χ1n) is 5.44. The molecule has 7 nitrogen and oxygen atoms in total. The fraction of sp³-hybridized carbons (Fsp3) is 0. The molecular formula is C12H8N4O3. The summed E-state index contributed by atoms with van der Waals surface area (Å²) in [6.07, 6.45) is 3.36. The Kier molecular flexibility index (Phi) is 2.57. The van der Waals surface area contributed by atoms with Crippen molar-refractivity contribution >= 4 is 5.88 Å². The molecule has 3 heterocycles. The summed E-state index contributed by atoms with van der Waals surface area (Å²) in [5, 5.41) is 17.5. The Bertz CT molecular complexity index is 717. The van der Waals surface area contributed by atoms with Crippen molar-refractivity contribution in [3.8, 4) is 22.7 Å². The van der Waals surface area contributed by atoms with Crippen molar-refractivity contribution in [2.24, 2.45) is 0 Å². The van der Waals surface area contributed by atoms with Gasteiger partial charge in [-0.15, -0.1) is 0 Å². The zero-order valence-corrected chi connectivity index (χ0v) is 9.61. The minimum absolute atomic E-state index is 0.299. The van der Waals surface area contributed by atoms with E-state index in [9.17, 15) is 10.1 Å². The van der Waals surface area contributed by atoms with E-state index in [0.29, 0.717) is 17.1 Å². The lowest BCUT2D eigenvalue weighted by Gasteiger charge is -1.91. The first-order valence-corrected chi connectivity index (χ1v) is 5.44. The lowest BCUT2D eigenvalue weighted by Crippen LogP contribution is -1.82. The van der Waals surface area contributed by atoms with E-state index in [1.807, 2.05) is 6.07 Å². The van der Waals surface area contributed by atoms with E-state index < -0.39 is 4.92 Å². The molecule has 94 valence electrons. The molecule has 3 aromatic heterocycles. The van der Waals surface area contributed by atoms with Gasteiger partial charge in [-0.3, -0.25) is 20.2 Å². The molecule has 0 aromatic carbocycles. The number of nitrogens with zero attached hydrogens (tertiary/aromatic N) is 3. The van der Waals surface area contributed by atoms with Gasteiger partial charge >= 0.3 is 5.88 Å². The molecule has 0 unspecified atom stereocenters. The summed E-state index contributed by atoms with van der Waals surface area (Å²) >= 11 is 0. The fourth-order valence-corrected chi connectivity index (χ4v) is 1.68. The molecule has 0 saturated heterocycles. The number of hydrogen-bond donors (Lipinski definition) is 1. The zero-order valence-electron chi connectivity index (χ0n) is 9.61. The van der Waals surface area contributed by atoms with Gasteiger partial charge in [0.1, 0.15) is 10.6 Å². The van der Waals surface area contributed by atoms with E-state index in [1.54, 1.807) is 24.5 Å². The summed E-state index contributed by atoms with van der Waals surface area (Å²) < 4.78 is 5.09. The lowest BCUT2D eigenvalue weighted by molar-refractivity contribution is -0.401. The number of pyridine rings is 1. The summed E-state index contributed by atoms with van der Waals surface area (Å²) in [5.41, 5.74) is 2.13. The third-order valence-corrected chi connectivity index (χ3v) is 2.57. The topological polar surface area (TPSA) is 97.9 Å². The molecule has 0 fully saturated rings. The highest BCUT2D eigenvalue weighted by molar-refractivity contribution is 5.65. The summed E-state index contributed by atoms with van der Waals surface area (Å²) in [6.45, 7) is 0. The average molecular weight is 256 g/mol. The van der Waals surface area contributed by atoms with Crippen LogP contribution in [0.2, 0.25) is 0 Å². The van der Waals surface area contributed by atoms with Crippen LogP contribution < -0.4 is 0 Å². The number of H-pyrrole nitrogens is 1. The van der Waals surface area contributed by atoms with Crippen LogP contribution in [0.15, 0.2) is 47.1 Å². The predicted octanol–water partition coefficient (Wildman–Crippen LogP) is 2.64. The second kappa shape index (κ2) is 4.37. The Morgan fingerprint density at radius 1 is 1.32 bits per heavy atom. The van der Waals surface area contributed by atoms with Crippen LogP contribution in [0.3, 0.4) is 0 Å². The van der Waals surface area contributed by atoms with Crippen LogP contribution in [0.25, 0.3) is 22.7 Å². The van der Waals surface area contributed by atoms with Crippen molar-refractivity contribution in [2.45, 2.75) is 0 Å². The molecule has 3 rings (SSSR count). The summed E-state index contributed by atoms with van der Waals surface area (Å²) in [5.74, 6) is 0.0712. The minimum atomic E-state index is -0.581. The predicted molar refractivity (Wildman–Crippen MR) is 66.2 cm³/mol. The standard InChI is InChI=1S/C12H8N4O3/c17-16(18)12-4-3-11(19-12)10-6-9(14-15-10)8-2-1-5-13-7-8/h1-7H,(H,14,15). The van der Waals surface area contributed by atoms with Crippen molar-refractivity contribution in [1.29, 1.82) is 0 Å². The normalized spacial score (nSPS) is 10.5. The van der Waals surface area contributed by atoms with Crippen molar-refractivity contribution < 1.29 is 9.34 Å². The van der Waals surface area contributed by atoms with Gasteiger partial charge in [-0.05, 0) is 24.3 Å². The van der Waals surface area contributed by atoms with Crippen LogP contribution in [0.5, 0.6) is 0 Å². The molecular weight excluding hydrogens is 248 g/mol. The van der Waals surface area contributed by atoms with Crippen molar-refractivity contribution in [1.82, 2.24) is 15.2 Å². The van der Waals surface area contributed by atoms with Crippen molar-refractivity contribution in [3.63, 3.8) is 0 Å². The van der Waals surface area contributed by atoms with Crippen LogP contribution in [0, 0.1) is 10.1 Å². The minimum Gasteiger partial charge on any atom is -0.399 e. The molecule has 3 aromatic rings.